The first-order valence-corrected chi connectivity index (χ1v) is 6.30. The second-order valence-electron chi connectivity index (χ2n) is 4.70. The average molecular weight is 238 g/mol. The van der Waals surface area contributed by atoms with E-state index in [1.54, 1.807) is 0 Å². The molecule has 0 unspecified atom stereocenters. The highest BCUT2D eigenvalue weighted by molar-refractivity contribution is 5.38. The topological polar surface area (TPSA) is 28.7 Å². The minimum atomic E-state index is 0.773. The Hall–Kier alpha value is -2.01. The first kappa shape index (κ1) is 12.4. The SMILES string of the molecule is CCc1cc(C)n(Cc2ccc(C)cc2)c1C#N. The zero-order valence-electron chi connectivity index (χ0n) is 11.2. The molecule has 0 bridgehead atoms. The summed E-state index contributed by atoms with van der Waals surface area (Å²) in [6, 6.07) is 12.9. The van der Waals surface area contributed by atoms with E-state index in [-0.39, 0.29) is 0 Å². The normalized spacial score (nSPS) is 10.3. The molecule has 18 heavy (non-hydrogen) atoms. The van der Waals surface area contributed by atoms with E-state index < -0.39 is 0 Å². The minimum absolute atomic E-state index is 0.773. The number of hydrogen-bond donors (Lipinski definition) is 0. The van der Waals surface area contributed by atoms with Gasteiger partial charge in [0, 0.05) is 12.2 Å². The lowest BCUT2D eigenvalue weighted by molar-refractivity contribution is 0.761. The van der Waals surface area contributed by atoms with Crippen molar-refractivity contribution in [2.45, 2.75) is 33.7 Å². The standard InChI is InChI=1S/C16H18N2/c1-4-15-9-13(3)18(16(15)10-17)11-14-7-5-12(2)6-8-14/h5-9H,4,11H2,1-3H3. The number of benzene rings is 1. The molecule has 0 aliphatic carbocycles. The van der Waals surface area contributed by atoms with Gasteiger partial charge in [-0.3, -0.25) is 0 Å². The van der Waals surface area contributed by atoms with Crippen molar-refractivity contribution in [2.24, 2.45) is 0 Å². The van der Waals surface area contributed by atoms with Gasteiger partial charge in [-0.05, 0) is 37.5 Å². The van der Waals surface area contributed by atoms with Gasteiger partial charge in [0.15, 0.2) is 0 Å². The maximum Gasteiger partial charge on any atom is 0.123 e. The van der Waals surface area contributed by atoms with Gasteiger partial charge in [0.1, 0.15) is 11.8 Å². The van der Waals surface area contributed by atoms with Gasteiger partial charge < -0.3 is 4.57 Å². The number of aromatic nitrogens is 1. The van der Waals surface area contributed by atoms with Crippen LogP contribution in [0, 0.1) is 25.2 Å². The van der Waals surface area contributed by atoms with E-state index >= 15 is 0 Å². The van der Waals surface area contributed by atoms with Crippen molar-refractivity contribution >= 4 is 0 Å². The molecule has 2 rings (SSSR count). The largest absolute Gasteiger partial charge is 0.332 e. The fourth-order valence-electron chi connectivity index (χ4n) is 2.23. The number of aryl methyl sites for hydroxylation is 3. The molecular formula is C16H18N2. The molecule has 0 fully saturated rings. The number of hydrogen-bond acceptors (Lipinski definition) is 1. The van der Waals surface area contributed by atoms with Crippen LogP contribution < -0.4 is 0 Å². The molecule has 2 nitrogen and oxygen atoms in total. The first-order valence-electron chi connectivity index (χ1n) is 6.30. The Morgan fingerprint density at radius 3 is 2.39 bits per heavy atom. The molecule has 2 aromatic rings. The van der Waals surface area contributed by atoms with Crippen LogP contribution in [-0.4, -0.2) is 4.57 Å². The zero-order valence-corrected chi connectivity index (χ0v) is 11.2. The molecule has 0 saturated heterocycles. The Labute approximate surface area is 108 Å². The molecule has 0 spiro atoms. The van der Waals surface area contributed by atoms with Crippen LogP contribution >= 0.6 is 0 Å². The van der Waals surface area contributed by atoms with Crippen molar-refractivity contribution < 1.29 is 0 Å². The van der Waals surface area contributed by atoms with Crippen LogP contribution in [0.3, 0.4) is 0 Å². The molecule has 1 aromatic heterocycles. The van der Waals surface area contributed by atoms with Crippen LogP contribution in [-0.2, 0) is 13.0 Å². The molecular weight excluding hydrogens is 220 g/mol. The quantitative estimate of drug-likeness (QED) is 0.803. The van der Waals surface area contributed by atoms with Gasteiger partial charge in [-0.1, -0.05) is 36.8 Å². The van der Waals surface area contributed by atoms with Gasteiger partial charge in [-0.25, -0.2) is 0 Å². The second kappa shape index (κ2) is 5.10. The molecule has 92 valence electrons. The van der Waals surface area contributed by atoms with Crippen molar-refractivity contribution in [2.75, 3.05) is 0 Å². The molecule has 0 N–H and O–H groups in total. The summed E-state index contributed by atoms with van der Waals surface area (Å²) in [5, 5.41) is 9.30. The van der Waals surface area contributed by atoms with E-state index in [0.717, 1.165) is 29.9 Å². The summed E-state index contributed by atoms with van der Waals surface area (Å²) >= 11 is 0. The maximum atomic E-state index is 9.30. The summed E-state index contributed by atoms with van der Waals surface area (Å²) in [6.07, 6.45) is 0.907. The van der Waals surface area contributed by atoms with Crippen LogP contribution in [0.1, 0.15) is 35.0 Å². The third-order valence-electron chi connectivity index (χ3n) is 3.33. The Balaban J connectivity index is 2.37. The van der Waals surface area contributed by atoms with Crippen molar-refractivity contribution in [3.8, 4) is 6.07 Å². The molecule has 1 heterocycles. The Morgan fingerprint density at radius 1 is 1.17 bits per heavy atom. The third-order valence-corrected chi connectivity index (χ3v) is 3.33. The van der Waals surface area contributed by atoms with E-state index in [0.29, 0.717) is 0 Å². The number of nitriles is 1. The van der Waals surface area contributed by atoms with Gasteiger partial charge in [0.05, 0.1) is 0 Å². The van der Waals surface area contributed by atoms with E-state index in [2.05, 4.69) is 61.7 Å². The van der Waals surface area contributed by atoms with Crippen LogP contribution in [0.15, 0.2) is 30.3 Å². The lowest BCUT2D eigenvalue weighted by atomic mass is 10.1. The van der Waals surface area contributed by atoms with Gasteiger partial charge in [0.25, 0.3) is 0 Å². The molecule has 0 saturated carbocycles. The van der Waals surface area contributed by atoms with E-state index in [1.807, 2.05) is 0 Å². The summed E-state index contributed by atoms with van der Waals surface area (Å²) in [6.45, 7) is 7.01. The Bertz CT molecular complexity index is 583. The predicted molar refractivity (Wildman–Crippen MR) is 73.5 cm³/mol. The maximum absolute atomic E-state index is 9.30. The fraction of sp³-hybridized carbons (Fsp3) is 0.312. The molecule has 1 aromatic carbocycles. The smallest absolute Gasteiger partial charge is 0.123 e. The molecule has 0 radical (unpaired) electrons. The van der Waals surface area contributed by atoms with E-state index in [4.69, 9.17) is 0 Å². The summed E-state index contributed by atoms with van der Waals surface area (Å²) < 4.78 is 2.10. The fourth-order valence-corrected chi connectivity index (χ4v) is 2.23. The van der Waals surface area contributed by atoms with Crippen LogP contribution in [0.2, 0.25) is 0 Å². The van der Waals surface area contributed by atoms with Gasteiger partial charge in [0.2, 0.25) is 0 Å². The molecule has 0 atom stereocenters. The van der Waals surface area contributed by atoms with Gasteiger partial charge in [-0.15, -0.1) is 0 Å². The van der Waals surface area contributed by atoms with Crippen molar-refractivity contribution in [3.63, 3.8) is 0 Å². The number of rotatable bonds is 3. The molecule has 2 heteroatoms. The van der Waals surface area contributed by atoms with Gasteiger partial charge >= 0.3 is 0 Å². The lowest BCUT2D eigenvalue weighted by Gasteiger charge is -2.08. The average Bonchev–Trinajstić information content (AvgIpc) is 2.68. The predicted octanol–water partition coefficient (Wildman–Crippen LogP) is 3.59. The van der Waals surface area contributed by atoms with Crippen LogP contribution in [0.25, 0.3) is 0 Å². The van der Waals surface area contributed by atoms with E-state index in [1.165, 1.54) is 11.1 Å². The highest BCUT2D eigenvalue weighted by Crippen LogP contribution is 2.18. The van der Waals surface area contributed by atoms with Crippen molar-refractivity contribution in [1.29, 1.82) is 5.26 Å². The summed E-state index contributed by atoms with van der Waals surface area (Å²) in [5.41, 5.74) is 5.60. The molecule has 0 aliphatic rings. The Morgan fingerprint density at radius 2 is 1.83 bits per heavy atom. The zero-order chi connectivity index (χ0) is 13.1. The monoisotopic (exact) mass is 238 g/mol. The summed E-state index contributed by atoms with van der Waals surface area (Å²) in [7, 11) is 0. The number of nitrogens with zero attached hydrogens (tertiary/aromatic N) is 2. The van der Waals surface area contributed by atoms with E-state index in [9.17, 15) is 5.26 Å². The Kier molecular flexibility index (Phi) is 3.53. The highest BCUT2D eigenvalue weighted by Gasteiger charge is 2.11. The first-order chi connectivity index (χ1) is 8.65. The van der Waals surface area contributed by atoms with Crippen molar-refractivity contribution in [3.05, 3.63) is 58.4 Å². The van der Waals surface area contributed by atoms with Gasteiger partial charge in [-0.2, -0.15) is 5.26 Å². The minimum Gasteiger partial charge on any atom is -0.332 e. The van der Waals surface area contributed by atoms with Crippen LogP contribution in [0.4, 0.5) is 0 Å². The molecule has 0 amide bonds. The summed E-state index contributed by atoms with van der Waals surface area (Å²) in [4.78, 5) is 0. The third kappa shape index (κ3) is 2.31. The van der Waals surface area contributed by atoms with Crippen molar-refractivity contribution in [1.82, 2.24) is 4.57 Å². The van der Waals surface area contributed by atoms with Crippen LogP contribution in [0.5, 0.6) is 0 Å². The second-order valence-corrected chi connectivity index (χ2v) is 4.70. The summed E-state index contributed by atoms with van der Waals surface area (Å²) in [5.74, 6) is 0. The lowest BCUT2D eigenvalue weighted by Crippen LogP contribution is -2.04. The molecule has 0 aliphatic heterocycles. The highest BCUT2D eigenvalue weighted by atomic mass is 15.0.